The van der Waals surface area contributed by atoms with Crippen LogP contribution in [0.4, 0.5) is 0 Å². The van der Waals surface area contributed by atoms with Gasteiger partial charge in [0.2, 0.25) is 5.91 Å². The van der Waals surface area contributed by atoms with Crippen LogP contribution in [-0.2, 0) is 28.9 Å². The van der Waals surface area contributed by atoms with Crippen LogP contribution in [0, 0.1) is 0 Å². The van der Waals surface area contributed by atoms with Crippen LogP contribution in [0.2, 0.25) is 0 Å². The van der Waals surface area contributed by atoms with Crippen molar-refractivity contribution in [3.63, 3.8) is 0 Å². The molecular weight excluding hydrogens is 907 g/mol. The molecule has 1 aliphatic rings. The van der Waals surface area contributed by atoms with E-state index in [9.17, 15) is 38.2 Å². The summed E-state index contributed by atoms with van der Waals surface area (Å²) in [4.78, 5) is 13.2. The molecule has 1 fully saturated rings. The van der Waals surface area contributed by atoms with Gasteiger partial charge >= 0.3 is 10.4 Å². The molecule has 0 aliphatic carbocycles. The highest BCUT2D eigenvalue weighted by Crippen LogP contribution is 2.26. The van der Waals surface area contributed by atoms with E-state index < -0.39 is 59.9 Å². The molecule has 0 radical (unpaired) electrons. The van der Waals surface area contributed by atoms with E-state index in [4.69, 9.17) is 9.47 Å². The van der Waals surface area contributed by atoms with E-state index in [0.717, 1.165) is 51.4 Å². The van der Waals surface area contributed by atoms with Gasteiger partial charge in [0.25, 0.3) is 0 Å². The minimum absolute atomic E-state index is 0.221. The first kappa shape index (κ1) is 67.1. The van der Waals surface area contributed by atoms with Gasteiger partial charge in [-0.2, -0.15) is 8.42 Å². The van der Waals surface area contributed by atoms with Gasteiger partial charge in [-0.15, -0.1) is 0 Å². The van der Waals surface area contributed by atoms with Crippen molar-refractivity contribution in [2.45, 2.75) is 346 Å². The number of nitrogens with one attached hydrogen (secondary N) is 1. The summed E-state index contributed by atoms with van der Waals surface area (Å²) in [5, 5.41) is 45.2. The fraction of sp³-hybridized carbons (Fsp3) is 0.982. The lowest BCUT2D eigenvalue weighted by Crippen LogP contribution is -2.61. The number of carbonyl (C=O) groups excluding carboxylic acids is 1. The highest BCUT2D eigenvalue weighted by Gasteiger charge is 2.48. The second kappa shape index (κ2) is 47.8. The zero-order valence-electron chi connectivity index (χ0n) is 45.4. The summed E-state index contributed by atoms with van der Waals surface area (Å²) in [6, 6.07) is -0.853. The van der Waals surface area contributed by atoms with Gasteiger partial charge in [0, 0.05) is 6.42 Å². The number of aliphatic hydroxyl groups excluding tert-OH is 4. The average molecular weight is 1020 g/mol. The Bertz CT molecular complexity index is 1240. The quantitative estimate of drug-likeness (QED) is 0.0251. The summed E-state index contributed by atoms with van der Waals surface area (Å²) in [6.45, 7) is 3.51. The van der Waals surface area contributed by atoms with Crippen molar-refractivity contribution in [2.24, 2.45) is 0 Å². The Morgan fingerprint density at radius 1 is 0.514 bits per heavy atom. The summed E-state index contributed by atoms with van der Waals surface area (Å²) in [6.07, 6.45) is 46.8. The van der Waals surface area contributed by atoms with Gasteiger partial charge in [0.15, 0.2) is 6.29 Å². The predicted octanol–water partition coefficient (Wildman–Crippen LogP) is 14.1. The van der Waals surface area contributed by atoms with E-state index in [-0.39, 0.29) is 12.5 Å². The molecule has 1 saturated heterocycles. The lowest BCUT2D eigenvalue weighted by molar-refractivity contribution is -0.298. The molecule has 1 heterocycles. The van der Waals surface area contributed by atoms with Crippen LogP contribution in [0.25, 0.3) is 0 Å². The zero-order chi connectivity index (χ0) is 51.2. The van der Waals surface area contributed by atoms with E-state index in [1.807, 2.05) is 0 Å². The Hall–Kier alpha value is -0.900. The minimum Gasteiger partial charge on any atom is -0.394 e. The maximum Gasteiger partial charge on any atom is 0.397 e. The number of carbonyl (C=O) groups is 1. The highest BCUT2D eigenvalue weighted by molar-refractivity contribution is 7.80. The summed E-state index contributed by atoms with van der Waals surface area (Å²) in [5.74, 6) is -0.221. The smallest absolute Gasteiger partial charge is 0.394 e. The van der Waals surface area contributed by atoms with Gasteiger partial charge in [-0.1, -0.05) is 284 Å². The first-order valence-electron chi connectivity index (χ1n) is 29.9. The molecule has 0 aromatic heterocycles. The number of hydrogen-bond acceptors (Lipinski definition) is 10. The van der Waals surface area contributed by atoms with Gasteiger partial charge in [0.05, 0.1) is 25.4 Å². The van der Waals surface area contributed by atoms with Gasteiger partial charge in [0.1, 0.15) is 24.4 Å². The van der Waals surface area contributed by atoms with Crippen molar-refractivity contribution >= 4 is 16.3 Å². The first-order valence-corrected chi connectivity index (χ1v) is 31.3. The zero-order valence-corrected chi connectivity index (χ0v) is 46.2. The third-order valence-corrected chi connectivity index (χ3v) is 15.1. The molecule has 1 rings (SSSR count). The van der Waals surface area contributed by atoms with Gasteiger partial charge in [-0.05, 0) is 12.8 Å². The van der Waals surface area contributed by atoms with Crippen LogP contribution in [0.1, 0.15) is 303 Å². The molecule has 70 heavy (non-hydrogen) atoms. The van der Waals surface area contributed by atoms with Crippen molar-refractivity contribution < 1.29 is 51.8 Å². The molecule has 7 unspecified atom stereocenters. The third kappa shape index (κ3) is 39.5. The first-order chi connectivity index (χ1) is 34.0. The maximum atomic E-state index is 13.2. The second-order valence-corrected chi connectivity index (χ2v) is 22.4. The number of rotatable bonds is 53. The summed E-state index contributed by atoms with van der Waals surface area (Å²) >= 11 is 0. The summed E-state index contributed by atoms with van der Waals surface area (Å²) in [7, 11) is -5.08. The van der Waals surface area contributed by atoms with E-state index in [0.29, 0.717) is 12.8 Å². The molecular formula is C57H113NO11S. The number of amides is 1. The Morgan fingerprint density at radius 2 is 0.829 bits per heavy atom. The van der Waals surface area contributed by atoms with Crippen LogP contribution < -0.4 is 5.32 Å². The number of ether oxygens (including phenoxy) is 2. The van der Waals surface area contributed by atoms with Crippen LogP contribution >= 0.6 is 0 Å². The predicted molar refractivity (Wildman–Crippen MR) is 287 cm³/mol. The van der Waals surface area contributed by atoms with Crippen molar-refractivity contribution in [1.29, 1.82) is 0 Å². The van der Waals surface area contributed by atoms with Gasteiger partial charge in [-0.3, -0.25) is 9.35 Å². The van der Waals surface area contributed by atoms with Gasteiger partial charge < -0.3 is 35.2 Å². The monoisotopic (exact) mass is 1020 g/mol. The SMILES string of the molecule is CCCCCCCCCCCCCCCCCCCCCCCCCCC(=O)NC(COC1OC(CO)C(O)C(OS(=O)(=O)O)C1O)C(O)CCCCCCCCCCCCCCCCCCCCC. The van der Waals surface area contributed by atoms with Crippen LogP contribution in [0.3, 0.4) is 0 Å². The topological polar surface area (TPSA) is 192 Å². The van der Waals surface area contributed by atoms with Crippen molar-refractivity contribution in [3.8, 4) is 0 Å². The largest absolute Gasteiger partial charge is 0.397 e. The standard InChI is InChI=1S/C57H113NO11S/c1-3-5-7-9-11-13-15-17-19-21-23-24-25-26-27-29-31-33-35-37-39-41-43-45-47-53(61)58-50(49-67-57-55(63)56(69-70(64,65)66)54(62)52(48-59)68-57)51(60)46-44-42-40-38-36-34-32-30-28-22-20-18-16-14-12-10-8-6-4-2/h50-52,54-57,59-60,62-63H,3-49H2,1-2H3,(H,58,61)(H,64,65,66). The molecule has 0 saturated carbocycles. The molecule has 0 aromatic rings. The molecule has 12 nitrogen and oxygen atoms in total. The Balaban J connectivity index is 2.32. The Morgan fingerprint density at radius 3 is 1.14 bits per heavy atom. The Labute approximate surface area is 430 Å². The number of hydrogen-bond donors (Lipinski definition) is 6. The molecule has 0 aromatic carbocycles. The van der Waals surface area contributed by atoms with E-state index in [2.05, 4.69) is 23.3 Å². The molecule has 0 bridgehead atoms. The summed E-state index contributed by atoms with van der Waals surface area (Å²) < 4.78 is 47.9. The molecule has 1 amide bonds. The fourth-order valence-electron chi connectivity index (χ4n) is 10.1. The van der Waals surface area contributed by atoms with E-state index >= 15 is 0 Å². The minimum atomic E-state index is -5.08. The number of unbranched alkanes of at least 4 members (excludes halogenated alkanes) is 41. The maximum absolute atomic E-state index is 13.2. The molecule has 0 spiro atoms. The summed E-state index contributed by atoms with van der Waals surface area (Å²) in [5.41, 5.74) is 0. The lowest BCUT2D eigenvalue weighted by Gasteiger charge is -2.41. The van der Waals surface area contributed by atoms with E-state index in [1.165, 1.54) is 225 Å². The highest BCUT2D eigenvalue weighted by atomic mass is 32.3. The second-order valence-electron chi connectivity index (χ2n) is 21.3. The van der Waals surface area contributed by atoms with Crippen LogP contribution in [0.5, 0.6) is 0 Å². The molecule has 6 N–H and O–H groups in total. The van der Waals surface area contributed by atoms with Crippen LogP contribution in [0.15, 0.2) is 0 Å². The lowest BCUT2D eigenvalue weighted by atomic mass is 9.99. The molecule has 418 valence electrons. The number of aliphatic hydroxyl groups is 4. The van der Waals surface area contributed by atoms with Crippen molar-refractivity contribution in [1.82, 2.24) is 5.32 Å². The fourth-order valence-corrected chi connectivity index (χ4v) is 10.6. The van der Waals surface area contributed by atoms with Crippen molar-refractivity contribution in [3.05, 3.63) is 0 Å². The van der Waals surface area contributed by atoms with Gasteiger partial charge in [-0.25, -0.2) is 4.18 Å². The van der Waals surface area contributed by atoms with E-state index in [1.54, 1.807) is 0 Å². The van der Waals surface area contributed by atoms with Crippen LogP contribution in [-0.4, -0.2) is 95.4 Å². The average Bonchev–Trinajstić information content (AvgIpc) is 3.33. The molecule has 1 aliphatic heterocycles. The Kier molecular flexibility index (Phi) is 45.8. The normalized spacial score (nSPS) is 19.4. The molecule has 13 heteroatoms. The molecule has 7 atom stereocenters. The van der Waals surface area contributed by atoms with Crippen molar-refractivity contribution in [2.75, 3.05) is 13.2 Å². The third-order valence-electron chi connectivity index (χ3n) is 14.7.